The zero-order valence-electron chi connectivity index (χ0n) is 10.7. The highest BCUT2D eigenvalue weighted by Crippen LogP contribution is 2.24. The van der Waals surface area contributed by atoms with Gasteiger partial charge in [0.2, 0.25) is 5.91 Å². The lowest BCUT2D eigenvalue weighted by Crippen LogP contribution is -2.30. The number of hydrogen-bond donors (Lipinski definition) is 2. The normalized spacial score (nSPS) is 15.6. The molecule has 0 spiro atoms. The van der Waals surface area contributed by atoms with Gasteiger partial charge in [0.15, 0.2) is 5.82 Å². The van der Waals surface area contributed by atoms with Crippen LogP contribution in [-0.4, -0.2) is 43.6 Å². The van der Waals surface area contributed by atoms with Gasteiger partial charge in [-0.15, -0.1) is 0 Å². The Balaban J connectivity index is 2.29. The molecule has 1 aliphatic rings. The first-order valence-electron chi connectivity index (χ1n) is 5.98. The van der Waals surface area contributed by atoms with Crippen LogP contribution in [0.1, 0.15) is 16.8 Å². The SMILES string of the molecule is COC(=O)c1ccnc(N2CCNC(=O)CC2)c1N. The summed E-state index contributed by atoms with van der Waals surface area (Å²) < 4.78 is 4.67. The first-order chi connectivity index (χ1) is 9.13. The molecule has 7 heteroatoms. The van der Waals surface area contributed by atoms with Crippen molar-refractivity contribution in [1.82, 2.24) is 10.3 Å². The monoisotopic (exact) mass is 264 g/mol. The minimum absolute atomic E-state index is 0.00481. The minimum Gasteiger partial charge on any atom is -0.465 e. The van der Waals surface area contributed by atoms with Crippen LogP contribution in [0.3, 0.4) is 0 Å². The topological polar surface area (TPSA) is 97.5 Å². The predicted octanol–water partition coefficient (Wildman–Crippen LogP) is -0.223. The first kappa shape index (κ1) is 13.1. The van der Waals surface area contributed by atoms with Crippen molar-refractivity contribution in [3.63, 3.8) is 0 Å². The number of aromatic nitrogens is 1. The number of nitrogens with one attached hydrogen (secondary N) is 1. The number of amides is 1. The number of carbonyl (C=O) groups excluding carboxylic acids is 2. The lowest BCUT2D eigenvalue weighted by molar-refractivity contribution is -0.120. The lowest BCUT2D eigenvalue weighted by Gasteiger charge is -2.22. The van der Waals surface area contributed by atoms with Crippen LogP contribution in [-0.2, 0) is 9.53 Å². The summed E-state index contributed by atoms with van der Waals surface area (Å²) in [6.07, 6.45) is 1.89. The van der Waals surface area contributed by atoms with Crippen LogP contribution in [0, 0.1) is 0 Å². The van der Waals surface area contributed by atoms with Crippen LogP contribution in [0.4, 0.5) is 11.5 Å². The second-order valence-electron chi connectivity index (χ2n) is 4.17. The molecule has 0 atom stereocenters. The molecular weight excluding hydrogens is 248 g/mol. The maximum atomic E-state index is 11.6. The third-order valence-corrected chi connectivity index (χ3v) is 2.99. The van der Waals surface area contributed by atoms with E-state index in [2.05, 4.69) is 15.0 Å². The number of ether oxygens (including phenoxy) is 1. The third-order valence-electron chi connectivity index (χ3n) is 2.99. The smallest absolute Gasteiger partial charge is 0.340 e. The van der Waals surface area contributed by atoms with Crippen LogP contribution in [0.5, 0.6) is 0 Å². The predicted molar refractivity (Wildman–Crippen MR) is 69.8 cm³/mol. The van der Waals surface area contributed by atoms with Crippen LogP contribution in [0.25, 0.3) is 0 Å². The van der Waals surface area contributed by atoms with Crippen molar-refractivity contribution in [3.05, 3.63) is 17.8 Å². The summed E-state index contributed by atoms with van der Waals surface area (Å²) >= 11 is 0. The van der Waals surface area contributed by atoms with Gasteiger partial charge in [-0.25, -0.2) is 9.78 Å². The van der Waals surface area contributed by atoms with Crippen molar-refractivity contribution in [1.29, 1.82) is 0 Å². The molecule has 19 heavy (non-hydrogen) atoms. The van der Waals surface area contributed by atoms with Gasteiger partial charge in [-0.05, 0) is 6.07 Å². The molecule has 1 fully saturated rings. The van der Waals surface area contributed by atoms with E-state index in [0.717, 1.165) is 0 Å². The van der Waals surface area contributed by atoms with Crippen LogP contribution in [0.2, 0.25) is 0 Å². The number of esters is 1. The van der Waals surface area contributed by atoms with Crippen molar-refractivity contribution < 1.29 is 14.3 Å². The quantitative estimate of drug-likeness (QED) is 0.716. The maximum absolute atomic E-state index is 11.6. The largest absolute Gasteiger partial charge is 0.465 e. The fourth-order valence-electron chi connectivity index (χ4n) is 1.98. The maximum Gasteiger partial charge on any atom is 0.340 e. The molecule has 0 radical (unpaired) electrons. The molecule has 102 valence electrons. The van der Waals surface area contributed by atoms with E-state index in [0.29, 0.717) is 31.9 Å². The average molecular weight is 264 g/mol. The van der Waals surface area contributed by atoms with Gasteiger partial charge >= 0.3 is 5.97 Å². The summed E-state index contributed by atoms with van der Waals surface area (Å²) in [7, 11) is 1.30. The zero-order valence-corrected chi connectivity index (χ0v) is 10.7. The molecule has 1 amide bonds. The molecular formula is C12H16N4O3. The number of carbonyl (C=O) groups is 2. The van der Waals surface area contributed by atoms with Crippen molar-refractivity contribution >= 4 is 23.4 Å². The van der Waals surface area contributed by atoms with Gasteiger partial charge in [0.1, 0.15) is 0 Å². The molecule has 0 aliphatic carbocycles. The Morgan fingerprint density at radius 3 is 3.05 bits per heavy atom. The molecule has 0 saturated carbocycles. The van der Waals surface area contributed by atoms with Crippen LogP contribution in [0.15, 0.2) is 12.3 Å². The Kier molecular flexibility index (Phi) is 3.84. The third kappa shape index (κ3) is 2.75. The highest BCUT2D eigenvalue weighted by molar-refractivity contribution is 5.97. The molecule has 1 aromatic heterocycles. The molecule has 0 aromatic carbocycles. The fraction of sp³-hybridized carbons (Fsp3) is 0.417. The van der Waals surface area contributed by atoms with Crippen molar-refractivity contribution in [2.45, 2.75) is 6.42 Å². The highest BCUT2D eigenvalue weighted by Gasteiger charge is 2.20. The zero-order chi connectivity index (χ0) is 13.8. The Morgan fingerprint density at radius 1 is 1.53 bits per heavy atom. The summed E-state index contributed by atoms with van der Waals surface area (Å²) in [6.45, 7) is 1.66. The molecule has 3 N–H and O–H groups in total. The van der Waals surface area contributed by atoms with Crippen molar-refractivity contribution in [3.8, 4) is 0 Å². The van der Waals surface area contributed by atoms with Crippen LogP contribution >= 0.6 is 0 Å². The summed E-state index contributed by atoms with van der Waals surface area (Å²) in [5.74, 6) is 0.0229. The molecule has 1 aliphatic heterocycles. The Labute approximate surface area is 110 Å². The summed E-state index contributed by atoms with van der Waals surface area (Å²) in [5.41, 5.74) is 6.54. The second-order valence-corrected chi connectivity index (χ2v) is 4.17. The van der Waals surface area contributed by atoms with E-state index in [-0.39, 0.29) is 17.2 Å². The minimum atomic E-state index is -0.495. The first-order valence-corrected chi connectivity index (χ1v) is 5.98. The standard InChI is InChI=1S/C12H16N4O3/c1-19-12(18)8-2-4-15-11(10(8)13)16-6-3-9(17)14-5-7-16/h2,4H,3,5-7,13H2,1H3,(H,14,17). The van der Waals surface area contributed by atoms with Gasteiger partial charge < -0.3 is 20.7 Å². The number of rotatable bonds is 2. The summed E-state index contributed by atoms with van der Waals surface area (Å²) in [5, 5.41) is 2.77. The molecule has 2 rings (SSSR count). The van der Waals surface area contributed by atoms with Gasteiger partial charge in [0, 0.05) is 32.3 Å². The van der Waals surface area contributed by atoms with Crippen molar-refractivity contribution in [2.24, 2.45) is 0 Å². The second kappa shape index (κ2) is 5.55. The number of nitrogens with zero attached hydrogens (tertiary/aromatic N) is 2. The Hall–Kier alpha value is -2.31. The van der Waals surface area contributed by atoms with E-state index in [1.165, 1.54) is 19.4 Å². The molecule has 1 saturated heterocycles. The van der Waals surface area contributed by atoms with Crippen LogP contribution < -0.4 is 16.0 Å². The highest BCUT2D eigenvalue weighted by atomic mass is 16.5. The van der Waals surface area contributed by atoms with Gasteiger partial charge in [-0.3, -0.25) is 4.79 Å². The van der Waals surface area contributed by atoms with E-state index in [9.17, 15) is 9.59 Å². The van der Waals surface area contributed by atoms with Crippen molar-refractivity contribution in [2.75, 3.05) is 37.4 Å². The van der Waals surface area contributed by atoms with Gasteiger partial charge in [-0.1, -0.05) is 0 Å². The molecule has 0 bridgehead atoms. The lowest BCUT2D eigenvalue weighted by atomic mass is 10.2. The Bertz CT molecular complexity index is 504. The number of hydrogen-bond acceptors (Lipinski definition) is 6. The van der Waals surface area contributed by atoms with E-state index in [1.54, 1.807) is 0 Å². The summed E-state index contributed by atoms with van der Waals surface area (Å²) in [4.78, 5) is 29.0. The fourth-order valence-corrected chi connectivity index (χ4v) is 1.98. The van der Waals surface area contributed by atoms with E-state index in [4.69, 9.17) is 5.73 Å². The number of pyridine rings is 1. The number of nitrogens with two attached hydrogens (primary N) is 1. The average Bonchev–Trinajstić information content (AvgIpc) is 2.63. The van der Waals surface area contributed by atoms with Gasteiger partial charge in [-0.2, -0.15) is 0 Å². The molecule has 1 aromatic rings. The molecule has 7 nitrogen and oxygen atoms in total. The number of anilines is 2. The molecule has 0 unspecified atom stereocenters. The van der Waals surface area contributed by atoms with E-state index < -0.39 is 5.97 Å². The summed E-state index contributed by atoms with van der Waals surface area (Å²) in [6, 6.07) is 1.52. The van der Waals surface area contributed by atoms with E-state index in [1.807, 2.05) is 4.90 Å². The number of nitrogen functional groups attached to an aromatic ring is 1. The van der Waals surface area contributed by atoms with Gasteiger partial charge in [0.25, 0.3) is 0 Å². The van der Waals surface area contributed by atoms with E-state index >= 15 is 0 Å². The Morgan fingerprint density at radius 2 is 2.32 bits per heavy atom. The van der Waals surface area contributed by atoms with Gasteiger partial charge in [0.05, 0.1) is 18.4 Å². The number of methoxy groups -OCH3 is 1. The molecule has 2 heterocycles.